The summed E-state index contributed by atoms with van der Waals surface area (Å²) in [5.41, 5.74) is 6.35. The van der Waals surface area contributed by atoms with Gasteiger partial charge in [0, 0.05) is 25.4 Å². The molecular formula is C15H18N4O2. The Labute approximate surface area is 123 Å². The van der Waals surface area contributed by atoms with Gasteiger partial charge in [-0.1, -0.05) is 6.92 Å². The molecule has 6 heteroatoms. The standard InChI is InChI=1S/C15H18N4O2/c1-3-8-18-10-12(9-16)15(21)19(11(2)20)14-6-4-13(17)5-7-14/h4-7,10,18H,3,8,17H2,1-2H3/b12-10-. The Hall–Kier alpha value is -2.81. The maximum Gasteiger partial charge on any atom is 0.277 e. The fourth-order valence-electron chi connectivity index (χ4n) is 1.65. The van der Waals surface area contributed by atoms with E-state index >= 15 is 0 Å². The molecule has 6 nitrogen and oxygen atoms in total. The van der Waals surface area contributed by atoms with Crippen LogP contribution in [0.3, 0.4) is 0 Å². The van der Waals surface area contributed by atoms with E-state index in [4.69, 9.17) is 11.0 Å². The average molecular weight is 286 g/mol. The van der Waals surface area contributed by atoms with Crippen molar-refractivity contribution in [3.8, 4) is 6.07 Å². The third-order valence-electron chi connectivity index (χ3n) is 2.66. The van der Waals surface area contributed by atoms with Gasteiger partial charge in [-0.15, -0.1) is 0 Å². The molecule has 1 rings (SSSR count). The normalized spacial score (nSPS) is 10.6. The van der Waals surface area contributed by atoms with E-state index in [-0.39, 0.29) is 5.57 Å². The lowest BCUT2D eigenvalue weighted by molar-refractivity contribution is -0.123. The van der Waals surface area contributed by atoms with Crippen LogP contribution in [0.1, 0.15) is 20.3 Å². The van der Waals surface area contributed by atoms with Gasteiger partial charge in [-0.05, 0) is 30.7 Å². The number of benzene rings is 1. The van der Waals surface area contributed by atoms with E-state index < -0.39 is 11.8 Å². The van der Waals surface area contributed by atoms with Crippen molar-refractivity contribution in [3.63, 3.8) is 0 Å². The summed E-state index contributed by atoms with van der Waals surface area (Å²) in [7, 11) is 0. The van der Waals surface area contributed by atoms with E-state index in [2.05, 4.69) is 5.32 Å². The van der Waals surface area contributed by atoms with Crippen LogP contribution in [0.5, 0.6) is 0 Å². The number of hydrogen-bond donors (Lipinski definition) is 2. The Balaban J connectivity index is 3.07. The second-order valence-corrected chi connectivity index (χ2v) is 4.38. The summed E-state index contributed by atoms with van der Waals surface area (Å²) in [6, 6.07) is 8.10. The zero-order chi connectivity index (χ0) is 15.8. The molecule has 1 aromatic carbocycles. The highest BCUT2D eigenvalue weighted by molar-refractivity contribution is 6.21. The number of anilines is 2. The molecule has 2 amide bonds. The minimum absolute atomic E-state index is 0.129. The van der Waals surface area contributed by atoms with Crippen LogP contribution in [0.15, 0.2) is 36.0 Å². The third-order valence-corrected chi connectivity index (χ3v) is 2.66. The summed E-state index contributed by atoms with van der Waals surface area (Å²) in [5, 5.41) is 11.9. The van der Waals surface area contributed by atoms with Gasteiger partial charge in [-0.25, -0.2) is 4.90 Å². The molecule has 110 valence electrons. The number of carbonyl (C=O) groups excluding carboxylic acids is 2. The minimum Gasteiger partial charge on any atom is -0.399 e. The van der Waals surface area contributed by atoms with Crippen molar-refractivity contribution in [1.82, 2.24) is 5.32 Å². The number of imide groups is 1. The fourth-order valence-corrected chi connectivity index (χ4v) is 1.65. The molecular weight excluding hydrogens is 268 g/mol. The highest BCUT2D eigenvalue weighted by Gasteiger charge is 2.23. The SMILES string of the molecule is CCCN/C=C(/C#N)C(=O)N(C(C)=O)c1ccc(N)cc1. The predicted molar refractivity (Wildman–Crippen MR) is 81.0 cm³/mol. The van der Waals surface area contributed by atoms with E-state index in [0.29, 0.717) is 17.9 Å². The average Bonchev–Trinajstić information content (AvgIpc) is 2.45. The van der Waals surface area contributed by atoms with Crippen molar-refractivity contribution in [2.24, 2.45) is 0 Å². The summed E-state index contributed by atoms with van der Waals surface area (Å²) >= 11 is 0. The van der Waals surface area contributed by atoms with Crippen LogP contribution in [-0.4, -0.2) is 18.4 Å². The summed E-state index contributed by atoms with van der Waals surface area (Å²) in [4.78, 5) is 25.0. The first-order valence-electron chi connectivity index (χ1n) is 6.55. The number of carbonyl (C=O) groups is 2. The van der Waals surface area contributed by atoms with Crippen LogP contribution in [0.2, 0.25) is 0 Å². The van der Waals surface area contributed by atoms with Crippen LogP contribution in [0, 0.1) is 11.3 Å². The van der Waals surface area contributed by atoms with Gasteiger partial charge in [0.05, 0.1) is 5.69 Å². The molecule has 0 saturated heterocycles. The van der Waals surface area contributed by atoms with Crippen molar-refractivity contribution in [3.05, 3.63) is 36.0 Å². The number of rotatable bonds is 5. The molecule has 0 atom stereocenters. The van der Waals surface area contributed by atoms with Gasteiger partial charge in [-0.3, -0.25) is 9.59 Å². The van der Waals surface area contributed by atoms with Gasteiger partial charge in [-0.2, -0.15) is 5.26 Å². The minimum atomic E-state index is -0.668. The first kappa shape index (κ1) is 16.2. The molecule has 0 aliphatic rings. The van der Waals surface area contributed by atoms with Crippen LogP contribution < -0.4 is 16.0 Å². The lowest BCUT2D eigenvalue weighted by atomic mass is 10.2. The van der Waals surface area contributed by atoms with E-state index in [1.807, 2.05) is 13.0 Å². The smallest absolute Gasteiger partial charge is 0.277 e. The highest BCUT2D eigenvalue weighted by atomic mass is 16.2. The quantitative estimate of drug-likeness (QED) is 0.370. The molecule has 0 saturated carbocycles. The number of nitrogens with one attached hydrogen (secondary N) is 1. The van der Waals surface area contributed by atoms with E-state index in [1.165, 1.54) is 13.1 Å². The van der Waals surface area contributed by atoms with Gasteiger partial charge in [0.25, 0.3) is 5.91 Å². The maximum absolute atomic E-state index is 12.3. The number of nitriles is 1. The van der Waals surface area contributed by atoms with Crippen LogP contribution in [0.4, 0.5) is 11.4 Å². The van der Waals surface area contributed by atoms with Gasteiger partial charge < -0.3 is 11.1 Å². The van der Waals surface area contributed by atoms with Gasteiger partial charge in [0.15, 0.2) is 0 Å². The Bertz CT molecular complexity index is 585. The molecule has 21 heavy (non-hydrogen) atoms. The van der Waals surface area contributed by atoms with Crippen molar-refractivity contribution in [2.45, 2.75) is 20.3 Å². The van der Waals surface area contributed by atoms with Gasteiger partial charge in [0.1, 0.15) is 11.6 Å². The topological polar surface area (TPSA) is 99.2 Å². The number of nitrogens with zero attached hydrogens (tertiary/aromatic N) is 2. The monoisotopic (exact) mass is 286 g/mol. The van der Waals surface area contributed by atoms with Gasteiger partial charge >= 0.3 is 0 Å². The number of amides is 2. The van der Waals surface area contributed by atoms with E-state index in [9.17, 15) is 9.59 Å². The molecule has 0 bridgehead atoms. The van der Waals surface area contributed by atoms with Crippen LogP contribution in [-0.2, 0) is 9.59 Å². The van der Waals surface area contributed by atoms with E-state index in [1.54, 1.807) is 24.3 Å². The second kappa shape index (κ2) is 7.70. The van der Waals surface area contributed by atoms with Crippen molar-refractivity contribution in [2.75, 3.05) is 17.2 Å². The van der Waals surface area contributed by atoms with Crippen LogP contribution >= 0.6 is 0 Å². The Morgan fingerprint density at radius 3 is 2.48 bits per heavy atom. The molecule has 1 aromatic rings. The fraction of sp³-hybridized carbons (Fsp3) is 0.267. The predicted octanol–water partition coefficient (Wildman–Crippen LogP) is 1.56. The van der Waals surface area contributed by atoms with Crippen molar-refractivity contribution in [1.29, 1.82) is 5.26 Å². The maximum atomic E-state index is 12.3. The lowest BCUT2D eigenvalue weighted by Crippen LogP contribution is -2.36. The first-order valence-corrected chi connectivity index (χ1v) is 6.55. The third kappa shape index (κ3) is 4.35. The summed E-state index contributed by atoms with van der Waals surface area (Å²) in [6.45, 7) is 3.87. The highest BCUT2D eigenvalue weighted by Crippen LogP contribution is 2.18. The number of nitrogen functional groups attached to an aromatic ring is 1. The Morgan fingerprint density at radius 1 is 1.38 bits per heavy atom. The molecule has 3 N–H and O–H groups in total. The largest absolute Gasteiger partial charge is 0.399 e. The van der Waals surface area contributed by atoms with Crippen molar-refractivity contribution >= 4 is 23.2 Å². The summed E-state index contributed by atoms with van der Waals surface area (Å²) in [5.74, 6) is -1.14. The molecule has 0 aromatic heterocycles. The Kier molecular flexibility index (Phi) is 5.96. The molecule has 0 heterocycles. The molecule has 0 spiro atoms. The summed E-state index contributed by atoms with van der Waals surface area (Å²) < 4.78 is 0. The molecule has 0 aliphatic heterocycles. The zero-order valence-corrected chi connectivity index (χ0v) is 12.1. The zero-order valence-electron chi connectivity index (χ0n) is 12.1. The number of nitrogens with two attached hydrogens (primary N) is 1. The Morgan fingerprint density at radius 2 is 2.00 bits per heavy atom. The molecule has 0 fully saturated rings. The summed E-state index contributed by atoms with van der Waals surface area (Å²) in [6.07, 6.45) is 2.19. The molecule has 0 unspecified atom stereocenters. The van der Waals surface area contributed by atoms with Crippen molar-refractivity contribution < 1.29 is 9.59 Å². The van der Waals surface area contributed by atoms with Crippen LogP contribution in [0.25, 0.3) is 0 Å². The number of hydrogen-bond acceptors (Lipinski definition) is 5. The second-order valence-electron chi connectivity index (χ2n) is 4.38. The molecule has 0 radical (unpaired) electrons. The lowest BCUT2D eigenvalue weighted by Gasteiger charge is -2.19. The first-order chi connectivity index (χ1) is 10.0. The van der Waals surface area contributed by atoms with Gasteiger partial charge in [0.2, 0.25) is 5.91 Å². The molecule has 0 aliphatic carbocycles. The van der Waals surface area contributed by atoms with E-state index in [0.717, 1.165) is 11.3 Å².